The minimum atomic E-state index is -3.09. The number of hydrogen-bond acceptors (Lipinski definition) is 7. The van der Waals surface area contributed by atoms with Gasteiger partial charge in [0.15, 0.2) is 9.84 Å². The van der Waals surface area contributed by atoms with Crippen LogP contribution in [0.1, 0.15) is 42.5 Å². The molecule has 4 heterocycles. The van der Waals surface area contributed by atoms with Gasteiger partial charge in [-0.25, -0.2) is 13.4 Å². The van der Waals surface area contributed by atoms with Crippen molar-refractivity contribution in [2.24, 2.45) is 0 Å². The highest BCUT2D eigenvalue weighted by molar-refractivity contribution is 7.98. The first kappa shape index (κ1) is 20.5. The molecule has 5 rings (SSSR count). The summed E-state index contributed by atoms with van der Waals surface area (Å²) in [5.41, 5.74) is 0.950. The first-order valence-electron chi connectivity index (χ1n) is 10.5. The van der Waals surface area contributed by atoms with Crippen LogP contribution in [-0.2, 0) is 33.4 Å². The van der Waals surface area contributed by atoms with E-state index in [1.807, 2.05) is 11.8 Å². The van der Waals surface area contributed by atoms with Crippen LogP contribution in [0.15, 0.2) is 11.1 Å². The fraction of sp³-hybridized carbons (Fsp3) is 0.650. The Balaban J connectivity index is 1.46. The summed E-state index contributed by atoms with van der Waals surface area (Å²) >= 11 is 3.45. The van der Waals surface area contributed by atoms with Crippen LogP contribution >= 0.6 is 23.1 Å². The lowest BCUT2D eigenvalue weighted by molar-refractivity contribution is -0.136. The molecule has 0 radical (unpaired) electrons. The van der Waals surface area contributed by atoms with E-state index in [0.29, 0.717) is 11.8 Å². The van der Waals surface area contributed by atoms with Gasteiger partial charge in [0.05, 0.1) is 23.2 Å². The maximum atomic E-state index is 13.4. The Morgan fingerprint density at radius 2 is 2.03 bits per heavy atom. The highest BCUT2D eigenvalue weighted by Crippen LogP contribution is 2.35. The summed E-state index contributed by atoms with van der Waals surface area (Å²) in [6.45, 7) is -0.0752. The minimum absolute atomic E-state index is 0.0388. The van der Waals surface area contributed by atoms with Crippen molar-refractivity contribution < 1.29 is 13.2 Å². The number of aryl methyl sites for hydroxylation is 1. The van der Waals surface area contributed by atoms with E-state index in [2.05, 4.69) is 4.98 Å². The van der Waals surface area contributed by atoms with E-state index in [0.717, 1.165) is 54.0 Å². The average molecular weight is 468 g/mol. The Labute approximate surface area is 183 Å². The van der Waals surface area contributed by atoms with Gasteiger partial charge in [0, 0.05) is 22.7 Å². The Hall–Kier alpha value is -1.39. The molecule has 0 aromatic carbocycles. The first-order chi connectivity index (χ1) is 14.4. The number of thioether (sulfide) groups is 1. The number of carbonyl (C=O) groups is 1. The van der Waals surface area contributed by atoms with E-state index in [1.54, 1.807) is 16.2 Å². The van der Waals surface area contributed by atoms with Gasteiger partial charge in [0.1, 0.15) is 11.4 Å². The number of sulfone groups is 1. The van der Waals surface area contributed by atoms with Crippen LogP contribution in [0.3, 0.4) is 0 Å². The van der Waals surface area contributed by atoms with Crippen molar-refractivity contribution in [1.82, 2.24) is 14.5 Å². The zero-order valence-corrected chi connectivity index (χ0v) is 19.2. The van der Waals surface area contributed by atoms with E-state index in [1.165, 1.54) is 15.8 Å². The smallest absolute Gasteiger partial charge is 0.262 e. The second kappa shape index (κ2) is 7.94. The molecule has 10 heteroatoms. The fourth-order valence-corrected chi connectivity index (χ4v) is 9.09. The van der Waals surface area contributed by atoms with Gasteiger partial charge in [-0.1, -0.05) is 12.8 Å². The van der Waals surface area contributed by atoms with E-state index < -0.39 is 9.84 Å². The van der Waals surface area contributed by atoms with Crippen molar-refractivity contribution in [3.63, 3.8) is 0 Å². The van der Waals surface area contributed by atoms with Gasteiger partial charge in [-0.3, -0.25) is 14.2 Å². The Morgan fingerprint density at radius 1 is 1.23 bits per heavy atom. The SMILES string of the molecule is O=C(Cn1cnc2sc3c(c2c1=O)CCSC3)N(C1CCCC1)[C@@H]1CCS(=O)(=O)C1. The van der Waals surface area contributed by atoms with Crippen LogP contribution in [0, 0.1) is 0 Å². The minimum Gasteiger partial charge on any atom is -0.334 e. The second-order valence-corrected chi connectivity index (χ2v) is 12.9. The van der Waals surface area contributed by atoms with E-state index in [9.17, 15) is 18.0 Å². The molecule has 1 saturated carbocycles. The molecule has 2 aliphatic heterocycles. The monoisotopic (exact) mass is 467 g/mol. The highest BCUT2D eigenvalue weighted by atomic mass is 32.2. The summed E-state index contributed by atoms with van der Waals surface area (Å²) in [5.74, 6) is 1.93. The maximum Gasteiger partial charge on any atom is 0.262 e. The number of fused-ring (bicyclic) bond motifs is 3. The van der Waals surface area contributed by atoms with Crippen LogP contribution in [0.5, 0.6) is 0 Å². The standard InChI is InChI=1S/C20H25N3O4S3/c24-17(23(13-3-1-2-4-13)14-6-8-30(26,27)11-14)9-22-12-21-19-18(20(22)25)15-5-7-28-10-16(15)29-19/h12-14H,1-11H2/t14-/m1/s1. The summed E-state index contributed by atoms with van der Waals surface area (Å²) in [6.07, 6.45) is 6.76. The summed E-state index contributed by atoms with van der Waals surface area (Å²) in [7, 11) is -3.09. The molecule has 1 saturated heterocycles. The lowest BCUT2D eigenvalue weighted by Gasteiger charge is -2.34. The highest BCUT2D eigenvalue weighted by Gasteiger charge is 2.39. The zero-order valence-electron chi connectivity index (χ0n) is 16.7. The number of aromatic nitrogens is 2. The first-order valence-corrected chi connectivity index (χ1v) is 14.3. The quantitative estimate of drug-likeness (QED) is 0.685. The molecule has 2 aromatic heterocycles. The van der Waals surface area contributed by atoms with Crippen molar-refractivity contribution in [3.8, 4) is 0 Å². The molecule has 162 valence electrons. The topological polar surface area (TPSA) is 89.3 Å². The number of rotatable bonds is 4. The zero-order chi connectivity index (χ0) is 20.9. The Bertz CT molecular complexity index is 1150. The summed E-state index contributed by atoms with van der Waals surface area (Å²) in [5, 5.41) is 0.668. The van der Waals surface area contributed by atoms with Gasteiger partial charge in [-0.2, -0.15) is 11.8 Å². The molecule has 0 unspecified atom stereocenters. The van der Waals surface area contributed by atoms with Crippen LogP contribution in [0.25, 0.3) is 10.2 Å². The second-order valence-electron chi connectivity index (χ2n) is 8.46. The van der Waals surface area contributed by atoms with Crippen molar-refractivity contribution in [2.75, 3.05) is 17.3 Å². The number of thiophene rings is 1. The predicted octanol–water partition coefficient (Wildman–Crippen LogP) is 2.21. The molecule has 7 nitrogen and oxygen atoms in total. The predicted molar refractivity (Wildman–Crippen MR) is 120 cm³/mol. The molecular weight excluding hydrogens is 442 g/mol. The Morgan fingerprint density at radius 3 is 2.77 bits per heavy atom. The number of nitrogens with zero attached hydrogens (tertiary/aromatic N) is 3. The lowest BCUT2D eigenvalue weighted by Crippen LogP contribution is -2.49. The molecule has 1 aliphatic carbocycles. The Kier molecular flexibility index (Phi) is 5.43. The molecule has 0 spiro atoms. The average Bonchev–Trinajstić information content (AvgIpc) is 3.43. The number of carbonyl (C=O) groups excluding carboxylic acids is 1. The molecule has 30 heavy (non-hydrogen) atoms. The molecule has 2 aromatic rings. The summed E-state index contributed by atoms with van der Waals surface area (Å²) in [4.78, 5) is 34.8. The number of amides is 1. The molecule has 1 amide bonds. The van der Waals surface area contributed by atoms with Crippen molar-refractivity contribution in [1.29, 1.82) is 0 Å². The summed E-state index contributed by atoms with van der Waals surface area (Å²) in [6, 6.07) is -0.196. The molecule has 2 fully saturated rings. The third kappa shape index (κ3) is 3.71. The summed E-state index contributed by atoms with van der Waals surface area (Å²) < 4.78 is 25.5. The van der Waals surface area contributed by atoms with Gasteiger partial charge in [-0.05, 0) is 37.0 Å². The normalized spacial score (nSPS) is 23.7. The van der Waals surface area contributed by atoms with Gasteiger partial charge in [0.2, 0.25) is 5.91 Å². The van der Waals surface area contributed by atoms with Crippen LogP contribution in [0.4, 0.5) is 0 Å². The van der Waals surface area contributed by atoms with Gasteiger partial charge in [-0.15, -0.1) is 11.3 Å². The van der Waals surface area contributed by atoms with Gasteiger partial charge in [0.25, 0.3) is 5.56 Å². The lowest BCUT2D eigenvalue weighted by atomic mass is 10.1. The molecule has 0 bridgehead atoms. The van der Waals surface area contributed by atoms with Crippen LogP contribution in [0.2, 0.25) is 0 Å². The third-order valence-electron chi connectivity index (χ3n) is 6.50. The fourth-order valence-electron chi connectivity index (χ4n) is 5.07. The van der Waals surface area contributed by atoms with E-state index in [-0.39, 0.29) is 41.6 Å². The third-order valence-corrected chi connectivity index (χ3v) is 10.6. The van der Waals surface area contributed by atoms with Crippen LogP contribution in [-0.4, -0.2) is 58.1 Å². The van der Waals surface area contributed by atoms with Crippen LogP contribution < -0.4 is 5.56 Å². The van der Waals surface area contributed by atoms with E-state index in [4.69, 9.17) is 0 Å². The van der Waals surface area contributed by atoms with E-state index >= 15 is 0 Å². The van der Waals surface area contributed by atoms with Crippen molar-refractivity contribution in [2.45, 2.75) is 62.9 Å². The molecular formula is C20H25N3O4S3. The van der Waals surface area contributed by atoms with Crippen molar-refractivity contribution >= 4 is 49.1 Å². The molecule has 3 aliphatic rings. The van der Waals surface area contributed by atoms with Gasteiger partial charge >= 0.3 is 0 Å². The van der Waals surface area contributed by atoms with Crippen molar-refractivity contribution in [3.05, 3.63) is 27.1 Å². The maximum absolute atomic E-state index is 13.4. The molecule has 0 N–H and O–H groups in total. The van der Waals surface area contributed by atoms with Gasteiger partial charge < -0.3 is 4.90 Å². The number of hydrogen-bond donors (Lipinski definition) is 0. The molecule has 1 atom stereocenters. The largest absolute Gasteiger partial charge is 0.334 e.